The van der Waals surface area contributed by atoms with Crippen LogP contribution in [0, 0.1) is 11.3 Å². The number of rotatable bonds is 3. The van der Waals surface area contributed by atoms with Gasteiger partial charge in [0.1, 0.15) is 0 Å². The summed E-state index contributed by atoms with van der Waals surface area (Å²) in [7, 11) is 1.69. The second kappa shape index (κ2) is 4.33. The van der Waals surface area contributed by atoms with Crippen molar-refractivity contribution in [2.24, 2.45) is 22.1 Å². The van der Waals surface area contributed by atoms with Gasteiger partial charge < -0.3 is 11.1 Å². The molecule has 3 N–H and O–H groups in total. The van der Waals surface area contributed by atoms with Gasteiger partial charge in [-0.05, 0) is 11.3 Å². The summed E-state index contributed by atoms with van der Waals surface area (Å²) in [5.74, 6) is 1.15. The molecule has 3 heteroatoms. The molecule has 0 fully saturated rings. The smallest absolute Gasteiger partial charge is 0.188 e. The molecule has 0 aromatic heterocycles. The van der Waals surface area contributed by atoms with E-state index >= 15 is 0 Å². The lowest BCUT2D eigenvalue weighted by Crippen LogP contribution is -2.40. The molecule has 0 aromatic rings. The molecule has 72 valence electrons. The van der Waals surface area contributed by atoms with Gasteiger partial charge in [0.15, 0.2) is 5.96 Å². The van der Waals surface area contributed by atoms with Crippen LogP contribution in [0.1, 0.15) is 27.7 Å². The van der Waals surface area contributed by atoms with Gasteiger partial charge in [0.2, 0.25) is 0 Å². The van der Waals surface area contributed by atoms with E-state index < -0.39 is 0 Å². The van der Waals surface area contributed by atoms with Crippen LogP contribution in [0.2, 0.25) is 0 Å². The van der Waals surface area contributed by atoms with Crippen LogP contribution in [-0.2, 0) is 0 Å². The van der Waals surface area contributed by atoms with E-state index in [1.807, 2.05) is 0 Å². The van der Waals surface area contributed by atoms with Crippen LogP contribution < -0.4 is 11.1 Å². The first-order chi connectivity index (χ1) is 5.40. The fraction of sp³-hybridized carbons (Fsp3) is 0.889. The van der Waals surface area contributed by atoms with E-state index in [0.29, 0.717) is 11.9 Å². The minimum atomic E-state index is 0.259. The van der Waals surface area contributed by atoms with Gasteiger partial charge in [-0.3, -0.25) is 4.99 Å². The van der Waals surface area contributed by atoms with E-state index in [4.69, 9.17) is 5.73 Å². The second-order valence-electron chi connectivity index (χ2n) is 4.11. The number of nitrogens with one attached hydrogen (secondary N) is 1. The monoisotopic (exact) mass is 171 g/mol. The molecule has 0 rings (SSSR count). The third-order valence-electron chi connectivity index (χ3n) is 2.53. The van der Waals surface area contributed by atoms with Crippen molar-refractivity contribution in [2.75, 3.05) is 13.6 Å². The Hall–Kier alpha value is -0.730. The van der Waals surface area contributed by atoms with Gasteiger partial charge in [-0.25, -0.2) is 0 Å². The van der Waals surface area contributed by atoms with Crippen molar-refractivity contribution in [3.05, 3.63) is 0 Å². The second-order valence-corrected chi connectivity index (χ2v) is 4.11. The van der Waals surface area contributed by atoms with E-state index in [2.05, 4.69) is 38.0 Å². The molecule has 0 unspecified atom stereocenters. The number of guanidine groups is 1. The van der Waals surface area contributed by atoms with Gasteiger partial charge in [-0.2, -0.15) is 0 Å². The molecule has 0 aliphatic carbocycles. The summed E-state index contributed by atoms with van der Waals surface area (Å²) in [5.41, 5.74) is 5.78. The SMILES string of the molecule is CN=C(N)NCC(C)(C)C(C)C. The summed E-state index contributed by atoms with van der Waals surface area (Å²) in [6.07, 6.45) is 0. The maximum atomic E-state index is 5.52. The quantitative estimate of drug-likeness (QED) is 0.495. The summed E-state index contributed by atoms with van der Waals surface area (Å²) >= 11 is 0. The molecule has 0 aliphatic heterocycles. The molecule has 0 aliphatic rings. The van der Waals surface area contributed by atoms with Crippen LogP contribution in [0.5, 0.6) is 0 Å². The molecule has 0 amide bonds. The van der Waals surface area contributed by atoms with E-state index in [9.17, 15) is 0 Å². The molecule has 12 heavy (non-hydrogen) atoms. The van der Waals surface area contributed by atoms with Crippen LogP contribution in [0.4, 0.5) is 0 Å². The van der Waals surface area contributed by atoms with Gasteiger partial charge in [0.05, 0.1) is 0 Å². The van der Waals surface area contributed by atoms with Crippen molar-refractivity contribution >= 4 is 5.96 Å². The van der Waals surface area contributed by atoms with Crippen molar-refractivity contribution in [3.63, 3.8) is 0 Å². The Kier molecular flexibility index (Phi) is 4.07. The van der Waals surface area contributed by atoms with Crippen LogP contribution >= 0.6 is 0 Å². The topological polar surface area (TPSA) is 50.4 Å². The predicted molar refractivity (Wildman–Crippen MR) is 54.2 cm³/mol. The molecule has 0 atom stereocenters. The lowest BCUT2D eigenvalue weighted by Gasteiger charge is -2.29. The minimum absolute atomic E-state index is 0.259. The largest absolute Gasteiger partial charge is 0.370 e. The highest BCUT2D eigenvalue weighted by Crippen LogP contribution is 2.24. The van der Waals surface area contributed by atoms with Crippen molar-refractivity contribution in [1.82, 2.24) is 5.32 Å². The highest BCUT2D eigenvalue weighted by atomic mass is 15.1. The fourth-order valence-electron chi connectivity index (χ4n) is 0.602. The molecule has 0 saturated heterocycles. The Balaban J connectivity index is 3.92. The number of aliphatic imine (C=N–C) groups is 1. The molecule has 0 heterocycles. The standard InChI is InChI=1S/C9H21N3/c1-7(2)9(3,4)6-12-8(10)11-5/h7H,6H2,1-5H3,(H3,10,11,12). The molecule has 0 saturated carbocycles. The Bertz CT molecular complexity index is 159. The zero-order valence-electron chi connectivity index (χ0n) is 8.81. The van der Waals surface area contributed by atoms with E-state index in [1.54, 1.807) is 7.05 Å². The number of hydrogen-bond donors (Lipinski definition) is 2. The summed E-state index contributed by atoms with van der Waals surface area (Å²) in [5, 5.41) is 3.08. The van der Waals surface area contributed by atoms with E-state index in [-0.39, 0.29) is 5.41 Å². The van der Waals surface area contributed by atoms with Crippen molar-refractivity contribution < 1.29 is 0 Å². The normalized spacial score (nSPS) is 13.7. The minimum Gasteiger partial charge on any atom is -0.370 e. The maximum absolute atomic E-state index is 5.52. The van der Waals surface area contributed by atoms with E-state index in [1.165, 1.54) is 0 Å². The van der Waals surface area contributed by atoms with Crippen molar-refractivity contribution in [2.45, 2.75) is 27.7 Å². The van der Waals surface area contributed by atoms with Gasteiger partial charge in [0.25, 0.3) is 0 Å². The Labute approximate surface area is 75.4 Å². The van der Waals surface area contributed by atoms with E-state index in [0.717, 1.165) is 6.54 Å². The molecule has 0 bridgehead atoms. The predicted octanol–water partition coefficient (Wildman–Crippen LogP) is 1.20. The highest BCUT2D eigenvalue weighted by molar-refractivity contribution is 5.77. The van der Waals surface area contributed by atoms with Crippen LogP contribution in [0.3, 0.4) is 0 Å². The first kappa shape index (κ1) is 11.3. The van der Waals surface area contributed by atoms with Gasteiger partial charge in [-0.15, -0.1) is 0 Å². The van der Waals surface area contributed by atoms with Crippen LogP contribution in [-0.4, -0.2) is 19.6 Å². The van der Waals surface area contributed by atoms with Crippen LogP contribution in [0.25, 0.3) is 0 Å². The molecule has 3 nitrogen and oxygen atoms in total. The molecular weight excluding hydrogens is 150 g/mol. The van der Waals surface area contributed by atoms with Gasteiger partial charge >= 0.3 is 0 Å². The third kappa shape index (κ3) is 3.60. The first-order valence-corrected chi connectivity index (χ1v) is 4.36. The Morgan fingerprint density at radius 2 is 2.00 bits per heavy atom. The fourth-order valence-corrected chi connectivity index (χ4v) is 0.602. The molecule has 0 spiro atoms. The third-order valence-corrected chi connectivity index (χ3v) is 2.53. The lowest BCUT2D eigenvalue weighted by molar-refractivity contribution is 0.251. The van der Waals surface area contributed by atoms with Crippen molar-refractivity contribution in [3.8, 4) is 0 Å². The highest BCUT2D eigenvalue weighted by Gasteiger charge is 2.21. The van der Waals surface area contributed by atoms with Crippen molar-refractivity contribution in [1.29, 1.82) is 0 Å². The number of nitrogens with zero attached hydrogens (tertiary/aromatic N) is 1. The Morgan fingerprint density at radius 1 is 1.50 bits per heavy atom. The first-order valence-electron chi connectivity index (χ1n) is 4.36. The average molecular weight is 171 g/mol. The number of nitrogens with two attached hydrogens (primary N) is 1. The summed E-state index contributed by atoms with van der Waals surface area (Å²) < 4.78 is 0. The zero-order valence-corrected chi connectivity index (χ0v) is 8.81. The molecular formula is C9H21N3. The lowest BCUT2D eigenvalue weighted by atomic mass is 9.81. The molecule has 0 aromatic carbocycles. The summed E-state index contributed by atoms with van der Waals surface area (Å²) in [4.78, 5) is 3.83. The zero-order chi connectivity index (χ0) is 9.78. The Morgan fingerprint density at radius 3 is 2.33 bits per heavy atom. The van der Waals surface area contributed by atoms with Gasteiger partial charge in [0, 0.05) is 13.6 Å². The summed E-state index contributed by atoms with van der Waals surface area (Å²) in [6.45, 7) is 9.72. The average Bonchev–Trinajstić information content (AvgIpc) is 2.00. The van der Waals surface area contributed by atoms with Crippen LogP contribution in [0.15, 0.2) is 4.99 Å². The summed E-state index contributed by atoms with van der Waals surface area (Å²) in [6, 6.07) is 0. The molecule has 0 radical (unpaired) electrons. The number of hydrogen-bond acceptors (Lipinski definition) is 1. The maximum Gasteiger partial charge on any atom is 0.188 e. The van der Waals surface area contributed by atoms with Gasteiger partial charge in [-0.1, -0.05) is 27.7 Å².